The molecule has 0 aliphatic rings. The van der Waals surface area contributed by atoms with Gasteiger partial charge in [-0.05, 0) is 35.9 Å². The van der Waals surface area contributed by atoms with Crippen molar-refractivity contribution in [3.63, 3.8) is 0 Å². The molecule has 2 nitrogen and oxygen atoms in total. The topological polar surface area (TPSA) is 18.5 Å². The molecule has 0 saturated carbocycles. The molecule has 0 saturated heterocycles. The minimum atomic E-state index is 0.825. The van der Waals surface area contributed by atoms with E-state index in [1.165, 1.54) is 0 Å². The van der Waals surface area contributed by atoms with E-state index >= 15 is 0 Å². The number of hydrogen-bond donors (Lipinski definition) is 0. The zero-order valence-electron chi connectivity index (χ0n) is 9.67. The summed E-state index contributed by atoms with van der Waals surface area (Å²) >= 11 is 0. The third kappa shape index (κ3) is 3.38. The van der Waals surface area contributed by atoms with E-state index in [1.54, 1.807) is 13.4 Å². The Labute approximate surface area is 101 Å². The van der Waals surface area contributed by atoms with E-state index in [2.05, 4.69) is 0 Å². The van der Waals surface area contributed by atoms with Crippen LogP contribution < -0.4 is 4.74 Å². The van der Waals surface area contributed by atoms with Gasteiger partial charge in [-0.15, -0.1) is 0 Å². The summed E-state index contributed by atoms with van der Waals surface area (Å²) in [6.07, 6.45) is 3.54. The molecule has 0 bridgehead atoms. The lowest BCUT2D eigenvalue weighted by atomic mass is 10.2. The Balaban J connectivity index is 2.06. The number of methoxy groups -OCH3 is 1. The molecule has 0 aromatic heterocycles. The smallest absolute Gasteiger partial charge is 0.127 e. The third-order valence-corrected chi connectivity index (χ3v) is 2.26. The molecule has 0 amide bonds. The van der Waals surface area contributed by atoms with Crippen LogP contribution in [0.25, 0.3) is 6.08 Å². The summed E-state index contributed by atoms with van der Waals surface area (Å²) in [4.78, 5) is 0. The first-order valence-corrected chi connectivity index (χ1v) is 5.41. The van der Waals surface area contributed by atoms with Gasteiger partial charge in [-0.25, -0.2) is 0 Å². The summed E-state index contributed by atoms with van der Waals surface area (Å²) < 4.78 is 10.5. The molecule has 86 valence electrons. The molecule has 2 aromatic rings. The van der Waals surface area contributed by atoms with Crippen LogP contribution >= 0.6 is 0 Å². The van der Waals surface area contributed by atoms with Crippen LogP contribution in [0.3, 0.4) is 0 Å². The SMILES string of the molecule is COC=Cc1ccc(Oc2ccccc2)cc1. The Morgan fingerprint density at radius 1 is 0.824 bits per heavy atom. The van der Waals surface area contributed by atoms with Crippen LogP contribution in [0.2, 0.25) is 0 Å². The second kappa shape index (κ2) is 5.75. The zero-order chi connectivity index (χ0) is 11.9. The quantitative estimate of drug-likeness (QED) is 0.731. The molecule has 0 radical (unpaired) electrons. The lowest BCUT2D eigenvalue weighted by Crippen LogP contribution is -1.83. The maximum absolute atomic E-state index is 5.68. The number of ether oxygens (including phenoxy) is 2. The van der Waals surface area contributed by atoms with Crippen molar-refractivity contribution in [1.29, 1.82) is 0 Å². The van der Waals surface area contributed by atoms with Gasteiger partial charge in [-0.2, -0.15) is 0 Å². The second-order valence-electron chi connectivity index (χ2n) is 3.52. The van der Waals surface area contributed by atoms with Crippen LogP contribution in [0, 0.1) is 0 Å². The van der Waals surface area contributed by atoms with Gasteiger partial charge in [0, 0.05) is 0 Å². The fourth-order valence-corrected chi connectivity index (χ4v) is 1.42. The first-order chi connectivity index (χ1) is 8.38. The molecule has 0 aliphatic heterocycles. The highest BCUT2D eigenvalue weighted by Gasteiger charge is 1.95. The second-order valence-corrected chi connectivity index (χ2v) is 3.52. The fraction of sp³-hybridized carbons (Fsp3) is 0.0667. The third-order valence-electron chi connectivity index (χ3n) is 2.26. The zero-order valence-corrected chi connectivity index (χ0v) is 9.67. The maximum atomic E-state index is 5.68. The average Bonchev–Trinajstić information content (AvgIpc) is 2.39. The van der Waals surface area contributed by atoms with E-state index in [0.717, 1.165) is 17.1 Å². The first-order valence-electron chi connectivity index (χ1n) is 5.41. The molecule has 2 aromatic carbocycles. The number of hydrogen-bond acceptors (Lipinski definition) is 2. The first kappa shape index (κ1) is 11.3. The molecular weight excluding hydrogens is 212 g/mol. The summed E-state index contributed by atoms with van der Waals surface area (Å²) in [5.74, 6) is 1.67. The van der Waals surface area contributed by atoms with Crippen LogP contribution in [-0.4, -0.2) is 7.11 Å². The molecule has 0 N–H and O–H groups in total. The predicted octanol–water partition coefficient (Wildman–Crippen LogP) is 4.10. The Morgan fingerprint density at radius 2 is 1.47 bits per heavy atom. The number of para-hydroxylation sites is 1. The maximum Gasteiger partial charge on any atom is 0.127 e. The van der Waals surface area contributed by atoms with Crippen molar-refractivity contribution < 1.29 is 9.47 Å². The molecular formula is C15H14O2. The van der Waals surface area contributed by atoms with Gasteiger partial charge in [0.05, 0.1) is 13.4 Å². The van der Waals surface area contributed by atoms with Crippen LogP contribution in [0.4, 0.5) is 0 Å². The van der Waals surface area contributed by atoms with Gasteiger partial charge in [-0.1, -0.05) is 30.3 Å². The minimum Gasteiger partial charge on any atom is -0.504 e. The molecule has 0 aliphatic carbocycles. The van der Waals surface area contributed by atoms with Crippen LogP contribution in [-0.2, 0) is 4.74 Å². The van der Waals surface area contributed by atoms with Gasteiger partial charge in [0.2, 0.25) is 0 Å². The van der Waals surface area contributed by atoms with Crippen molar-refractivity contribution in [2.24, 2.45) is 0 Å². The predicted molar refractivity (Wildman–Crippen MR) is 69.0 cm³/mol. The van der Waals surface area contributed by atoms with Crippen molar-refractivity contribution in [3.8, 4) is 11.5 Å². The van der Waals surface area contributed by atoms with Gasteiger partial charge in [-0.3, -0.25) is 0 Å². The molecule has 17 heavy (non-hydrogen) atoms. The van der Waals surface area contributed by atoms with E-state index in [1.807, 2.05) is 60.7 Å². The van der Waals surface area contributed by atoms with Crippen molar-refractivity contribution in [3.05, 3.63) is 66.4 Å². The van der Waals surface area contributed by atoms with Gasteiger partial charge >= 0.3 is 0 Å². The van der Waals surface area contributed by atoms with E-state index in [9.17, 15) is 0 Å². The van der Waals surface area contributed by atoms with E-state index in [0.29, 0.717) is 0 Å². The average molecular weight is 226 g/mol. The van der Waals surface area contributed by atoms with E-state index in [-0.39, 0.29) is 0 Å². The van der Waals surface area contributed by atoms with E-state index < -0.39 is 0 Å². The highest BCUT2D eigenvalue weighted by atomic mass is 16.5. The number of benzene rings is 2. The molecule has 2 heteroatoms. The van der Waals surface area contributed by atoms with Crippen molar-refractivity contribution >= 4 is 6.08 Å². The Bertz CT molecular complexity index is 472. The van der Waals surface area contributed by atoms with Crippen molar-refractivity contribution in [1.82, 2.24) is 0 Å². The van der Waals surface area contributed by atoms with Crippen molar-refractivity contribution in [2.75, 3.05) is 7.11 Å². The van der Waals surface area contributed by atoms with Gasteiger partial charge < -0.3 is 9.47 Å². The van der Waals surface area contributed by atoms with Crippen LogP contribution in [0.5, 0.6) is 11.5 Å². The van der Waals surface area contributed by atoms with Crippen molar-refractivity contribution in [2.45, 2.75) is 0 Å². The van der Waals surface area contributed by atoms with Gasteiger partial charge in [0.25, 0.3) is 0 Å². The summed E-state index contributed by atoms with van der Waals surface area (Å²) in [6.45, 7) is 0. The summed E-state index contributed by atoms with van der Waals surface area (Å²) in [6, 6.07) is 17.5. The highest BCUT2D eigenvalue weighted by Crippen LogP contribution is 2.21. The Hall–Kier alpha value is -2.22. The molecule has 0 unspecified atom stereocenters. The fourth-order valence-electron chi connectivity index (χ4n) is 1.42. The standard InChI is InChI=1S/C15H14O2/c1-16-12-11-13-7-9-15(10-8-13)17-14-5-3-2-4-6-14/h2-12H,1H3. The normalized spacial score (nSPS) is 10.4. The number of rotatable bonds is 4. The molecule has 0 fully saturated rings. The molecule has 0 atom stereocenters. The largest absolute Gasteiger partial charge is 0.504 e. The van der Waals surface area contributed by atoms with E-state index in [4.69, 9.17) is 9.47 Å². The van der Waals surface area contributed by atoms with Crippen LogP contribution in [0.15, 0.2) is 60.9 Å². The Kier molecular flexibility index (Phi) is 3.81. The summed E-state index contributed by atoms with van der Waals surface area (Å²) in [5.41, 5.74) is 1.08. The summed E-state index contributed by atoms with van der Waals surface area (Å²) in [5, 5.41) is 0. The molecule has 0 heterocycles. The summed E-state index contributed by atoms with van der Waals surface area (Å²) in [7, 11) is 1.63. The highest BCUT2D eigenvalue weighted by molar-refractivity contribution is 5.49. The monoisotopic (exact) mass is 226 g/mol. The van der Waals surface area contributed by atoms with Gasteiger partial charge in [0.15, 0.2) is 0 Å². The van der Waals surface area contributed by atoms with Crippen LogP contribution in [0.1, 0.15) is 5.56 Å². The molecule has 2 rings (SSSR count). The Morgan fingerprint density at radius 3 is 2.12 bits per heavy atom. The lowest BCUT2D eigenvalue weighted by Gasteiger charge is -2.05. The lowest BCUT2D eigenvalue weighted by molar-refractivity contribution is 0.341. The van der Waals surface area contributed by atoms with Gasteiger partial charge in [0.1, 0.15) is 11.5 Å². The minimum absolute atomic E-state index is 0.825. The molecule has 0 spiro atoms.